The number of hydrogen-bond donors (Lipinski definition) is 9. The number of hydrogen-bond acceptors (Lipinski definition) is 16. The Bertz CT molecular complexity index is 2080. The van der Waals surface area contributed by atoms with E-state index in [0.29, 0.717) is 23.6 Å². The number of primary amides is 1. The number of amides is 2. The third-order valence-corrected chi connectivity index (χ3v) is 14.6. The molecule has 10 N–H and O–H groups in total. The Hall–Kier alpha value is -3.44. The number of carbonyl (C=O) groups is 2. The van der Waals surface area contributed by atoms with Crippen LogP contribution < -0.4 is 11.1 Å². The average Bonchev–Trinajstić information content (AvgIpc) is 3.83. The molecule has 0 aliphatic carbocycles. The van der Waals surface area contributed by atoms with Crippen molar-refractivity contribution in [2.24, 2.45) is 28.9 Å². The van der Waals surface area contributed by atoms with Gasteiger partial charge in [0.2, 0.25) is 5.91 Å². The molecular formula is C50H83N4O16P. The molecule has 21 heteroatoms. The first-order chi connectivity index (χ1) is 33.0. The van der Waals surface area contributed by atoms with Crippen LogP contribution in [-0.2, 0) is 37.6 Å². The fraction of sp³-hybridized carbons (Fsp3) is 0.700. The molecule has 0 radical (unpaired) electrons. The highest BCUT2D eigenvalue weighted by atomic mass is 31.2. The van der Waals surface area contributed by atoms with Crippen molar-refractivity contribution in [1.82, 2.24) is 15.2 Å². The van der Waals surface area contributed by atoms with Crippen molar-refractivity contribution in [2.45, 2.75) is 161 Å². The molecular weight excluding hydrogens is 944 g/mol. The number of nitrogens with one attached hydrogen (secondary N) is 1. The number of phosphoric ester groups is 1. The standard InChI is InChI=1S/C50H83N4O16P/c1-28(22-41(51)57)16-14-17-29(2)31(4)23-32(5)42(58)34(7)37(55)24-40(66-13)45-46(70-71(62,63)64)49(8,9)50(69-45)25-38(56)33(6)39(68-50)19-15-18-35-26-67-48(53-35)30(3)20-21-52-47(61)44(60)43(59)36(27-65-12)54(10)11/h14-18,22-23,26,30,32-34,36-40,42-46,55-56,58-60H,19-21,24-25,27H2,1-13H3,(H2,51,57)(H,52,61)(H2,62,63,64)/b16-14+,18-15+,28-22+,29-17+,31-23+/t30-,32+,33-,34-,36?,37-,38+,39-,40-,42+,43-,44-,45+,46-,50+/m0/s1. The highest BCUT2D eigenvalue weighted by molar-refractivity contribution is 7.46. The molecule has 1 aromatic rings. The number of allylic oxidation sites excluding steroid dienone is 6. The van der Waals surface area contributed by atoms with Gasteiger partial charge in [0.15, 0.2) is 17.8 Å². The summed E-state index contributed by atoms with van der Waals surface area (Å²) < 4.78 is 48.2. The van der Waals surface area contributed by atoms with E-state index in [2.05, 4.69) is 10.3 Å². The Morgan fingerprint density at radius 3 is 2.31 bits per heavy atom. The second kappa shape index (κ2) is 27.2. The van der Waals surface area contributed by atoms with Gasteiger partial charge in [-0.1, -0.05) is 77.5 Å². The zero-order chi connectivity index (χ0) is 53.8. The van der Waals surface area contributed by atoms with E-state index in [4.69, 9.17) is 33.6 Å². The molecule has 2 fully saturated rings. The van der Waals surface area contributed by atoms with Gasteiger partial charge in [0.25, 0.3) is 5.91 Å². The van der Waals surface area contributed by atoms with Gasteiger partial charge in [0, 0.05) is 68.8 Å². The number of methoxy groups -OCH3 is 2. The highest BCUT2D eigenvalue weighted by Gasteiger charge is 2.68. The van der Waals surface area contributed by atoms with Gasteiger partial charge in [-0.15, -0.1) is 0 Å². The van der Waals surface area contributed by atoms with E-state index in [1.165, 1.54) is 26.6 Å². The molecule has 1 aromatic heterocycles. The second-order valence-corrected chi connectivity index (χ2v) is 21.3. The lowest BCUT2D eigenvalue weighted by Crippen LogP contribution is -2.58. The number of nitrogens with two attached hydrogens (primary N) is 1. The molecule has 20 nitrogen and oxygen atoms in total. The van der Waals surface area contributed by atoms with E-state index in [0.717, 1.165) is 11.1 Å². The number of aliphatic hydroxyl groups excluding tert-OH is 5. The van der Waals surface area contributed by atoms with Gasteiger partial charge < -0.3 is 74.6 Å². The van der Waals surface area contributed by atoms with Gasteiger partial charge in [-0.2, -0.15) is 0 Å². The third-order valence-electron chi connectivity index (χ3n) is 14.1. The SMILES string of the molecule is COCC([C@H](O)[C@H](O)C(=O)NCC[C@H](C)c1nc(/C=C/C[C@@H]2O[C@]3(C[C@@H](O)[C@@H]2C)O[C@H]([C@H](C[C@H](O)[C@H](C)[C@H](O)[C@H](C)/C=C(C)/C(C)=C/C=C/C(C)=C/C(N)=O)OC)[C@H](OP(=O)(O)O)C3(C)C)co1)N(C)C. The van der Waals surface area contributed by atoms with E-state index in [9.17, 15) is 49.5 Å². The minimum atomic E-state index is -5.16. The number of phosphoric acid groups is 1. The smallest absolute Gasteiger partial charge is 0.448 e. The van der Waals surface area contributed by atoms with Gasteiger partial charge in [-0.05, 0) is 64.9 Å². The van der Waals surface area contributed by atoms with Crippen LogP contribution in [0.4, 0.5) is 0 Å². The summed E-state index contributed by atoms with van der Waals surface area (Å²) in [7, 11) is 1.10. The minimum absolute atomic E-state index is 0.0709. The topological polar surface area (TPSA) is 306 Å². The fourth-order valence-electron chi connectivity index (χ4n) is 9.09. The number of nitrogens with zero attached hydrogens (tertiary/aromatic N) is 2. The van der Waals surface area contributed by atoms with Crippen molar-refractivity contribution in [3.63, 3.8) is 0 Å². The molecule has 0 bridgehead atoms. The largest absolute Gasteiger partial charge is 0.469 e. The summed E-state index contributed by atoms with van der Waals surface area (Å²) >= 11 is 0. The van der Waals surface area contributed by atoms with Crippen LogP contribution in [0.5, 0.6) is 0 Å². The highest BCUT2D eigenvalue weighted by Crippen LogP contribution is 2.59. The van der Waals surface area contributed by atoms with Gasteiger partial charge in [0.1, 0.15) is 30.3 Å². The first-order valence-electron chi connectivity index (χ1n) is 24.1. The zero-order valence-electron chi connectivity index (χ0n) is 43.7. The van der Waals surface area contributed by atoms with Crippen LogP contribution in [0.25, 0.3) is 6.08 Å². The Kier molecular flexibility index (Phi) is 23.7. The summed E-state index contributed by atoms with van der Waals surface area (Å²) in [6.45, 7) is 16.4. The van der Waals surface area contributed by atoms with Gasteiger partial charge >= 0.3 is 7.82 Å². The Morgan fingerprint density at radius 2 is 1.72 bits per heavy atom. The maximum atomic E-state index is 12.6. The van der Waals surface area contributed by atoms with E-state index < -0.39 is 110 Å². The van der Waals surface area contributed by atoms with Gasteiger partial charge in [-0.3, -0.25) is 14.1 Å². The fourth-order valence-corrected chi connectivity index (χ4v) is 9.77. The lowest BCUT2D eigenvalue weighted by molar-refractivity contribution is -0.334. The molecule has 1 unspecified atom stereocenters. The Balaban J connectivity index is 1.74. The predicted octanol–water partition coefficient (Wildman–Crippen LogP) is 3.65. The van der Waals surface area contributed by atoms with E-state index in [1.54, 1.807) is 71.0 Å². The molecule has 404 valence electrons. The minimum Gasteiger partial charge on any atom is -0.448 e. The molecule has 2 amide bonds. The molecule has 0 aromatic carbocycles. The van der Waals surface area contributed by atoms with Crippen molar-refractivity contribution < 1.29 is 77.4 Å². The summed E-state index contributed by atoms with van der Waals surface area (Å²) in [6.07, 6.45) is 3.69. The number of likely N-dealkylation sites (N-methyl/N-ethyl adjacent to an activating group) is 1. The van der Waals surface area contributed by atoms with Crippen LogP contribution >= 0.6 is 7.82 Å². The Morgan fingerprint density at radius 1 is 1.06 bits per heavy atom. The summed E-state index contributed by atoms with van der Waals surface area (Å²) in [5.41, 5.74) is 6.90. The molecule has 3 heterocycles. The van der Waals surface area contributed by atoms with Crippen LogP contribution in [0.2, 0.25) is 0 Å². The maximum absolute atomic E-state index is 12.6. The molecule has 2 aliphatic rings. The summed E-state index contributed by atoms with van der Waals surface area (Å²) in [5, 5.41) is 58.3. The van der Waals surface area contributed by atoms with Crippen molar-refractivity contribution in [3.8, 4) is 0 Å². The number of carbonyl (C=O) groups excluding carboxylic acids is 2. The molecule has 2 aliphatic heterocycles. The molecule has 3 rings (SSSR count). The molecule has 15 atom stereocenters. The summed E-state index contributed by atoms with van der Waals surface area (Å²) in [5.74, 6) is -4.23. The lowest BCUT2D eigenvalue weighted by Gasteiger charge is -2.50. The van der Waals surface area contributed by atoms with Crippen LogP contribution in [0.3, 0.4) is 0 Å². The molecule has 2 saturated heterocycles. The van der Waals surface area contributed by atoms with E-state index in [-0.39, 0.29) is 38.3 Å². The van der Waals surface area contributed by atoms with Gasteiger partial charge in [-0.25, -0.2) is 9.55 Å². The average molecular weight is 1030 g/mol. The van der Waals surface area contributed by atoms with Crippen molar-refractivity contribution in [2.75, 3.05) is 41.5 Å². The van der Waals surface area contributed by atoms with Crippen LogP contribution in [-0.4, -0.2) is 165 Å². The van der Waals surface area contributed by atoms with Crippen molar-refractivity contribution in [3.05, 3.63) is 71.0 Å². The summed E-state index contributed by atoms with van der Waals surface area (Å²) in [4.78, 5) is 50.4. The predicted molar refractivity (Wildman–Crippen MR) is 266 cm³/mol. The lowest BCUT2D eigenvalue weighted by atomic mass is 9.72. The summed E-state index contributed by atoms with van der Waals surface area (Å²) in [6, 6.07) is -0.597. The van der Waals surface area contributed by atoms with Crippen LogP contribution in [0.1, 0.15) is 105 Å². The molecule has 71 heavy (non-hydrogen) atoms. The molecule has 1 spiro atoms. The number of oxazole rings is 1. The first kappa shape index (κ1) is 61.9. The number of aliphatic hydroxyl groups is 5. The normalized spacial score (nSPS) is 27.5. The number of aromatic nitrogens is 1. The molecule has 0 saturated carbocycles. The monoisotopic (exact) mass is 1030 g/mol. The quantitative estimate of drug-likeness (QED) is 0.0345. The number of rotatable bonds is 27. The maximum Gasteiger partial charge on any atom is 0.469 e. The first-order valence-corrected chi connectivity index (χ1v) is 25.6. The second-order valence-electron chi connectivity index (χ2n) is 20.1. The van der Waals surface area contributed by atoms with Crippen LogP contribution in [0.15, 0.2) is 63.9 Å². The number of ether oxygens (including phenoxy) is 4. The van der Waals surface area contributed by atoms with E-state index >= 15 is 0 Å². The third kappa shape index (κ3) is 17.0. The van der Waals surface area contributed by atoms with Crippen molar-refractivity contribution >= 4 is 25.7 Å². The van der Waals surface area contributed by atoms with Crippen LogP contribution in [0, 0.1) is 23.2 Å². The van der Waals surface area contributed by atoms with Gasteiger partial charge in [0.05, 0.1) is 43.2 Å². The van der Waals surface area contributed by atoms with E-state index in [1.807, 2.05) is 46.8 Å². The van der Waals surface area contributed by atoms with Crippen molar-refractivity contribution in [1.29, 1.82) is 0 Å². The zero-order valence-corrected chi connectivity index (χ0v) is 44.6. The Labute approximate surface area is 419 Å².